The maximum absolute atomic E-state index is 5.50. The van der Waals surface area contributed by atoms with Gasteiger partial charge in [0, 0.05) is 0 Å². The van der Waals surface area contributed by atoms with E-state index >= 15 is 0 Å². The normalized spacial score (nSPS) is 11.9. The van der Waals surface area contributed by atoms with Crippen LogP contribution in [0.4, 0.5) is 0 Å². The summed E-state index contributed by atoms with van der Waals surface area (Å²) in [5.74, 6) is 0. The molecule has 0 amide bonds. The van der Waals surface area contributed by atoms with E-state index < -0.39 is 0 Å². The van der Waals surface area contributed by atoms with E-state index in [0.29, 0.717) is 6.61 Å². The zero-order chi connectivity index (χ0) is 10.9. The molecule has 0 heterocycles. The van der Waals surface area contributed by atoms with Crippen molar-refractivity contribution in [3.05, 3.63) is 12.2 Å². The van der Waals surface area contributed by atoms with E-state index in [1.54, 1.807) is 6.92 Å². The summed E-state index contributed by atoms with van der Waals surface area (Å²) in [6.45, 7) is 7.84. The number of nitrogens with one attached hydrogen (secondary N) is 1. The van der Waals surface area contributed by atoms with Gasteiger partial charge in [-0.2, -0.15) is 5.48 Å². The number of alkyl halides is 1. The van der Waals surface area contributed by atoms with E-state index in [1.165, 1.54) is 0 Å². The molecule has 0 aromatic heterocycles. The summed E-state index contributed by atoms with van der Waals surface area (Å²) in [4.78, 5) is 6.88. The monoisotopic (exact) mass is 208 g/mol. The van der Waals surface area contributed by atoms with Crippen LogP contribution in [0.5, 0.6) is 0 Å². The van der Waals surface area contributed by atoms with Crippen LogP contribution in [0.1, 0.15) is 13.8 Å². The lowest BCUT2D eigenvalue weighted by Crippen LogP contribution is -2.21. The van der Waals surface area contributed by atoms with Gasteiger partial charge in [-0.25, -0.2) is 0 Å². The van der Waals surface area contributed by atoms with Crippen molar-refractivity contribution in [3.8, 4) is 0 Å². The number of hydrogen-bond acceptors (Lipinski definition) is 3. The van der Waals surface area contributed by atoms with Crippen molar-refractivity contribution >= 4 is 11.6 Å². The standard InChI is InChI=1S/C6H12ClNO.C3H9N/c1-5(2)4-9-8-6(3)7;1-4(2)3/h6,8H,1,4H2,2-3H3;1-3H3. The van der Waals surface area contributed by atoms with Gasteiger partial charge in [0.2, 0.25) is 0 Å². The molecule has 1 unspecified atom stereocenters. The van der Waals surface area contributed by atoms with E-state index in [2.05, 4.69) is 12.1 Å². The van der Waals surface area contributed by atoms with Crippen LogP contribution in [-0.4, -0.2) is 38.2 Å². The molecule has 3 nitrogen and oxygen atoms in total. The minimum Gasteiger partial charge on any atom is -0.312 e. The van der Waals surface area contributed by atoms with Crippen molar-refractivity contribution < 1.29 is 4.84 Å². The minimum atomic E-state index is -0.149. The predicted molar refractivity (Wildman–Crippen MR) is 58.8 cm³/mol. The molecule has 4 heteroatoms. The van der Waals surface area contributed by atoms with Gasteiger partial charge in [-0.1, -0.05) is 12.2 Å². The molecule has 0 saturated carbocycles. The van der Waals surface area contributed by atoms with Crippen molar-refractivity contribution in [2.45, 2.75) is 19.3 Å². The number of hydrogen-bond donors (Lipinski definition) is 1. The second-order valence-corrected chi connectivity index (χ2v) is 3.98. The third-order valence-corrected chi connectivity index (χ3v) is 0.653. The summed E-state index contributed by atoms with van der Waals surface area (Å²) in [6.07, 6.45) is 0. The Morgan fingerprint density at radius 1 is 1.54 bits per heavy atom. The van der Waals surface area contributed by atoms with Gasteiger partial charge in [0.15, 0.2) is 0 Å². The first-order valence-electron chi connectivity index (χ1n) is 4.13. The molecule has 0 aliphatic heterocycles. The lowest BCUT2D eigenvalue weighted by atomic mass is 10.4. The van der Waals surface area contributed by atoms with Crippen LogP contribution in [0.25, 0.3) is 0 Å². The van der Waals surface area contributed by atoms with Gasteiger partial charge in [0.05, 0.1) is 6.61 Å². The summed E-state index contributed by atoms with van der Waals surface area (Å²) < 4.78 is 0. The summed E-state index contributed by atoms with van der Waals surface area (Å²) in [5, 5.41) is 0. The number of hydroxylamine groups is 1. The SMILES string of the molecule is C=C(C)CONC(C)Cl.CN(C)C. The summed E-state index contributed by atoms with van der Waals surface area (Å²) >= 11 is 5.50. The molecule has 0 rings (SSSR count). The van der Waals surface area contributed by atoms with Gasteiger partial charge >= 0.3 is 0 Å². The summed E-state index contributed by atoms with van der Waals surface area (Å²) in [7, 11) is 6.00. The Hall–Kier alpha value is -0.0900. The van der Waals surface area contributed by atoms with Crippen molar-refractivity contribution in [1.29, 1.82) is 0 Å². The molecule has 0 aromatic rings. The van der Waals surface area contributed by atoms with Gasteiger partial charge in [-0.15, -0.1) is 11.6 Å². The molecular formula is C9H21ClN2O. The van der Waals surface area contributed by atoms with E-state index in [4.69, 9.17) is 16.4 Å². The molecule has 0 spiro atoms. The average molecular weight is 209 g/mol. The third kappa shape index (κ3) is 33.5. The van der Waals surface area contributed by atoms with Crippen LogP contribution in [0.2, 0.25) is 0 Å². The fourth-order valence-electron chi connectivity index (χ4n) is 0.280. The maximum Gasteiger partial charge on any atom is 0.103 e. The Labute approximate surface area is 86.7 Å². The Morgan fingerprint density at radius 3 is 2.15 bits per heavy atom. The second-order valence-electron chi connectivity index (χ2n) is 3.32. The van der Waals surface area contributed by atoms with Gasteiger partial charge in [0.25, 0.3) is 0 Å². The fraction of sp³-hybridized carbons (Fsp3) is 0.778. The highest BCUT2D eigenvalue weighted by molar-refractivity contribution is 6.19. The smallest absolute Gasteiger partial charge is 0.103 e. The van der Waals surface area contributed by atoms with E-state index in [0.717, 1.165) is 5.57 Å². The fourth-order valence-corrected chi connectivity index (χ4v) is 0.343. The first kappa shape index (κ1) is 15.4. The second kappa shape index (κ2) is 9.99. The van der Waals surface area contributed by atoms with Crippen LogP contribution in [-0.2, 0) is 4.84 Å². The Kier molecular flexibility index (Phi) is 11.8. The zero-order valence-corrected chi connectivity index (χ0v) is 9.98. The van der Waals surface area contributed by atoms with E-state index in [9.17, 15) is 0 Å². The lowest BCUT2D eigenvalue weighted by molar-refractivity contribution is 0.0530. The highest BCUT2D eigenvalue weighted by Crippen LogP contribution is 1.89. The summed E-state index contributed by atoms with van der Waals surface area (Å²) in [6, 6.07) is 0. The molecule has 0 fully saturated rings. The zero-order valence-electron chi connectivity index (χ0n) is 9.22. The van der Waals surface area contributed by atoms with Crippen molar-refractivity contribution in [3.63, 3.8) is 0 Å². The van der Waals surface area contributed by atoms with Crippen LogP contribution in [0.15, 0.2) is 12.2 Å². The van der Waals surface area contributed by atoms with Crippen molar-refractivity contribution in [2.75, 3.05) is 27.7 Å². The predicted octanol–water partition coefficient (Wildman–Crippen LogP) is 1.85. The van der Waals surface area contributed by atoms with Crippen LogP contribution < -0.4 is 5.48 Å². The van der Waals surface area contributed by atoms with Crippen LogP contribution >= 0.6 is 11.6 Å². The third-order valence-electron chi connectivity index (χ3n) is 0.564. The quantitative estimate of drug-likeness (QED) is 0.330. The largest absolute Gasteiger partial charge is 0.312 e. The topological polar surface area (TPSA) is 24.5 Å². The van der Waals surface area contributed by atoms with Gasteiger partial charge in [0.1, 0.15) is 5.50 Å². The molecule has 0 radical (unpaired) electrons. The minimum absolute atomic E-state index is 0.149. The highest BCUT2D eigenvalue weighted by atomic mass is 35.5. The van der Waals surface area contributed by atoms with Crippen molar-refractivity contribution in [1.82, 2.24) is 10.4 Å². The summed E-state index contributed by atoms with van der Waals surface area (Å²) in [5.41, 5.74) is 3.40. The molecule has 1 N–H and O–H groups in total. The first-order valence-corrected chi connectivity index (χ1v) is 4.56. The highest BCUT2D eigenvalue weighted by Gasteiger charge is 1.91. The van der Waals surface area contributed by atoms with Crippen LogP contribution in [0, 0.1) is 0 Å². The molecular weight excluding hydrogens is 188 g/mol. The maximum atomic E-state index is 5.50. The number of rotatable bonds is 4. The molecule has 80 valence electrons. The lowest BCUT2D eigenvalue weighted by Gasteiger charge is -2.05. The molecule has 0 aliphatic carbocycles. The number of nitrogens with zero attached hydrogens (tertiary/aromatic N) is 1. The first-order chi connectivity index (χ1) is 5.86. The van der Waals surface area contributed by atoms with Crippen LogP contribution in [0.3, 0.4) is 0 Å². The van der Waals surface area contributed by atoms with Crippen molar-refractivity contribution in [2.24, 2.45) is 0 Å². The van der Waals surface area contributed by atoms with Gasteiger partial charge in [-0.3, -0.25) is 4.84 Å². The van der Waals surface area contributed by atoms with E-state index in [1.807, 2.05) is 33.0 Å². The molecule has 0 bridgehead atoms. The molecule has 0 saturated heterocycles. The Balaban J connectivity index is 0. The number of halogens is 1. The molecule has 13 heavy (non-hydrogen) atoms. The van der Waals surface area contributed by atoms with Gasteiger partial charge < -0.3 is 4.90 Å². The molecule has 0 aromatic carbocycles. The molecule has 1 atom stereocenters. The van der Waals surface area contributed by atoms with E-state index in [-0.39, 0.29) is 5.50 Å². The Morgan fingerprint density at radius 2 is 1.92 bits per heavy atom. The van der Waals surface area contributed by atoms with Gasteiger partial charge in [-0.05, 0) is 35.0 Å². The average Bonchev–Trinajstić information content (AvgIpc) is 1.83. The Bertz CT molecular complexity index is 124. The molecule has 0 aliphatic rings.